The topological polar surface area (TPSA) is 133 Å². The van der Waals surface area contributed by atoms with E-state index in [2.05, 4.69) is 15.1 Å². The minimum absolute atomic E-state index is 0.122. The van der Waals surface area contributed by atoms with Gasteiger partial charge in [-0.25, -0.2) is 14.8 Å². The summed E-state index contributed by atoms with van der Waals surface area (Å²) >= 11 is 1.06. The number of hydrogen-bond donors (Lipinski definition) is 3. The summed E-state index contributed by atoms with van der Waals surface area (Å²) in [5, 5.41) is 14.0. The van der Waals surface area contributed by atoms with Crippen molar-refractivity contribution in [2.45, 2.75) is 17.1 Å². The van der Waals surface area contributed by atoms with Gasteiger partial charge in [-0.1, -0.05) is 0 Å². The lowest BCUT2D eigenvalue weighted by atomic mass is 10.3. The van der Waals surface area contributed by atoms with Crippen LogP contribution in [0.15, 0.2) is 16.2 Å². The molecule has 0 fully saturated rings. The Kier molecular flexibility index (Phi) is 3.30. The van der Waals surface area contributed by atoms with E-state index in [0.717, 1.165) is 11.8 Å². The molecule has 0 spiro atoms. The number of aromatic nitrogens is 4. The zero-order chi connectivity index (χ0) is 14.2. The van der Waals surface area contributed by atoms with Gasteiger partial charge >= 0.3 is 5.97 Å². The van der Waals surface area contributed by atoms with Crippen molar-refractivity contribution in [2.24, 2.45) is 7.05 Å². The van der Waals surface area contributed by atoms with Crippen molar-refractivity contribution in [3.8, 4) is 0 Å². The average molecular weight is 280 g/mol. The lowest BCUT2D eigenvalue weighted by molar-refractivity contribution is 0.0692. The first-order chi connectivity index (χ1) is 8.88. The number of hydrogen-bond acceptors (Lipinski definition) is 7. The van der Waals surface area contributed by atoms with Gasteiger partial charge in [-0.05, 0) is 18.7 Å². The van der Waals surface area contributed by atoms with Gasteiger partial charge in [-0.2, -0.15) is 5.10 Å². The van der Waals surface area contributed by atoms with Gasteiger partial charge in [0.2, 0.25) is 0 Å². The SMILES string of the molecule is Cc1nn(C)c(Sc2nc(N)cc(N)n2)c1C(=O)O. The van der Waals surface area contributed by atoms with E-state index >= 15 is 0 Å². The number of nitrogens with zero attached hydrogens (tertiary/aromatic N) is 4. The minimum Gasteiger partial charge on any atom is -0.478 e. The molecule has 100 valence electrons. The second-order valence-corrected chi connectivity index (χ2v) is 4.75. The zero-order valence-corrected chi connectivity index (χ0v) is 11.1. The van der Waals surface area contributed by atoms with Crippen molar-refractivity contribution in [3.63, 3.8) is 0 Å². The van der Waals surface area contributed by atoms with Crippen molar-refractivity contribution in [2.75, 3.05) is 11.5 Å². The second-order valence-electron chi connectivity index (χ2n) is 3.80. The predicted molar refractivity (Wildman–Crippen MR) is 69.9 cm³/mol. The fourth-order valence-corrected chi connectivity index (χ4v) is 2.58. The molecule has 0 aliphatic rings. The number of carboxylic acids is 1. The van der Waals surface area contributed by atoms with E-state index in [9.17, 15) is 9.90 Å². The van der Waals surface area contributed by atoms with Crippen LogP contribution in [0.4, 0.5) is 11.6 Å². The van der Waals surface area contributed by atoms with Gasteiger partial charge in [0, 0.05) is 13.1 Å². The fraction of sp³-hybridized carbons (Fsp3) is 0.200. The summed E-state index contributed by atoms with van der Waals surface area (Å²) in [6, 6.07) is 1.43. The van der Waals surface area contributed by atoms with Crippen LogP contribution in [0.2, 0.25) is 0 Å². The molecule has 0 unspecified atom stereocenters. The van der Waals surface area contributed by atoms with Gasteiger partial charge in [0.25, 0.3) is 0 Å². The standard InChI is InChI=1S/C10H12N6O2S/c1-4-7(9(17)18)8(16(2)15-4)19-10-13-5(11)3-6(12)14-10/h3H,1-2H3,(H,17,18)(H4,11,12,13,14). The molecule has 2 aromatic heterocycles. The molecule has 0 radical (unpaired) electrons. The van der Waals surface area contributed by atoms with Gasteiger partial charge in [-0.15, -0.1) is 0 Å². The van der Waals surface area contributed by atoms with Crippen LogP contribution in [0.1, 0.15) is 16.1 Å². The smallest absolute Gasteiger partial charge is 0.340 e. The first kappa shape index (κ1) is 13.1. The molecule has 2 heterocycles. The van der Waals surface area contributed by atoms with Gasteiger partial charge in [-0.3, -0.25) is 4.68 Å². The number of rotatable bonds is 3. The summed E-state index contributed by atoms with van der Waals surface area (Å²) < 4.78 is 1.46. The molecule has 0 atom stereocenters. The molecule has 0 saturated heterocycles. The Morgan fingerprint density at radius 3 is 2.47 bits per heavy atom. The maximum absolute atomic E-state index is 11.2. The van der Waals surface area contributed by atoms with Crippen LogP contribution in [-0.4, -0.2) is 30.8 Å². The molecule has 2 rings (SSSR count). The minimum atomic E-state index is -1.05. The van der Waals surface area contributed by atoms with Crippen molar-refractivity contribution < 1.29 is 9.90 Å². The Bertz CT molecular complexity index is 633. The maximum Gasteiger partial charge on any atom is 0.340 e. The Hall–Kier alpha value is -2.29. The Morgan fingerprint density at radius 1 is 1.37 bits per heavy atom. The van der Waals surface area contributed by atoms with E-state index in [0.29, 0.717) is 10.7 Å². The van der Waals surface area contributed by atoms with Crippen LogP contribution in [0, 0.1) is 6.92 Å². The molecule has 0 saturated carbocycles. The van der Waals surface area contributed by atoms with E-state index in [1.807, 2.05) is 0 Å². The van der Waals surface area contributed by atoms with Gasteiger partial charge in [0.1, 0.15) is 22.2 Å². The molecule has 0 amide bonds. The Labute approximate surface area is 112 Å². The maximum atomic E-state index is 11.2. The summed E-state index contributed by atoms with van der Waals surface area (Å²) in [5.41, 5.74) is 11.7. The molecule has 8 nitrogen and oxygen atoms in total. The average Bonchev–Trinajstić information content (AvgIpc) is 2.52. The third kappa shape index (κ3) is 2.60. The summed E-state index contributed by atoms with van der Waals surface area (Å²) in [6.07, 6.45) is 0. The highest BCUT2D eigenvalue weighted by Crippen LogP contribution is 2.30. The third-order valence-corrected chi connectivity index (χ3v) is 3.34. The summed E-state index contributed by atoms with van der Waals surface area (Å²) in [4.78, 5) is 19.2. The summed E-state index contributed by atoms with van der Waals surface area (Å²) in [6.45, 7) is 1.63. The Balaban J connectivity index is 2.46. The van der Waals surface area contributed by atoms with Crippen molar-refractivity contribution in [1.82, 2.24) is 19.7 Å². The molecular weight excluding hydrogens is 268 g/mol. The van der Waals surface area contributed by atoms with E-state index in [4.69, 9.17) is 11.5 Å². The van der Waals surface area contributed by atoms with Crippen molar-refractivity contribution in [3.05, 3.63) is 17.3 Å². The van der Waals surface area contributed by atoms with Crippen LogP contribution in [0.5, 0.6) is 0 Å². The second kappa shape index (κ2) is 4.76. The molecule has 9 heteroatoms. The van der Waals surface area contributed by atoms with E-state index in [1.165, 1.54) is 10.7 Å². The largest absolute Gasteiger partial charge is 0.478 e. The van der Waals surface area contributed by atoms with Crippen LogP contribution in [0.25, 0.3) is 0 Å². The van der Waals surface area contributed by atoms with Gasteiger partial charge < -0.3 is 16.6 Å². The Morgan fingerprint density at radius 2 is 1.95 bits per heavy atom. The van der Waals surface area contributed by atoms with Gasteiger partial charge in [0.05, 0.1) is 5.69 Å². The van der Waals surface area contributed by atoms with Crippen molar-refractivity contribution in [1.29, 1.82) is 0 Å². The monoisotopic (exact) mass is 280 g/mol. The highest BCUT2D eigenvalue weighted by atomic mass is 32.2. The number of nitrogens with two attached hydrogens (primary N) is 2. The molecule has 2 aromatic rings. The first-order valence-electron chi connectivity index (χ1n) is 5.23. The number of anilines is 2. The van der Waals surface area contributed by atoms with E-state index < -0.39 is 5.97 Å². The lowest BCUT2D eigenvalue weighted by Crippen LogP contribution is -2.03. The molecule has 0 bridgehead atoms. The molecular formula is C10H12N6O2S. The molecule has 0 aromatic carbocycles. The lowest BCUT2D eigenvalue weighted by Gasteiger charge is -2.04. The number of aryl methyl sites for hydroxylation is 2. The number of carbonyl (C=O) groups is 1. The number of aromatic carboxylic acids is 1. The fourth-order valence-electron chi connectivity index (χ4n) is 1.59. The first-order valence-corrected chi connectivity index (χ1v) is 6.05. The third-order valence-electron chi connectivity index (χ3n) is 2.32. The summed E-state index contributed by atoms with van der Waals surface area (Å²) in [5.74, 6) is -0.596. The van der Waals surface area contributed by atoms with E-state index in [1.54, 1.807) is 14.0 Å². The molecule has 0 aliphatic carbocycles. The highest BCUT2D eigenvalue weighted by molar-refractivity contribution is 7.99. The van der Waals surface area contributed by atoms with E-state index in [-0.39, 0.29) is 22.4 Å². The quantitative estimate of drug-likeness (QED) is 0.693. The van der Waals surface area contributed by atoms with Crippen LogP contribution >= 0.6 is 11.8 Å². The number of carboxylic acid groups (broad SMARTS) is 1. The predicted octanol–water partition coefficient (Wildman–Crippen LogP) is 0.532. The molecule has 19 heavy (non-hydrogen) atoms. The normalized spacial score (nSPS) is 10.6. The van der Waals surface area contributed by atoms with Crippen LogP contribution in [-0.2, 0) is 7.05 Å². The van der Waals surface area contributed by atoms with Crippen molar-refractivity contribution >= 4 is 29.4 Å². The van der Waals surface area contributed by atoms with Crippen LogP contribution in [0.3, 0.4) is 0 Å². The number of nitrogen functional groups attached to an aromatic ring is 2. The van der Waals surface area contributed by atoms with Gasteiger partial charge in [0.15, 0.2) is 5.16 Å². The highest BCUT2D eigenvalue weighted by Gasteiger charge is 2.21. The summed E-state index contributed by atoms with van der Waals surface area (Å²) in [7, 11) is 1.65. The molecule has 5 N–H and O–H groups in total. The zero-order valence-electron chi connectivity index (χ0n) is 10.3. The molecule has 0 aliphatic heterocycles. The van der Waals surface area contributed by atoms with Crippen LogP contribution < -0.4 is 11.5 Å².